The van der Waals surface area contributed by atoms with E-state index >= 15 is 0 Å². The van der Waals surface area contributed by atoms with Crippen molar-refractivity contribution < 1.29 is 18.3 Å². The second-order valence-corrected chi connectivity index (χ2v) is 11.5. The van der Waals surface area contributed by atoms with E-state index in [1.807, 2.05) is 33.8 Å². The van der Waals surface area contributed by atoms with E-state index in [-0.39, 0.29) is 23.4 Å². The standard InChI is InChI=1S/C30H30N4O5S/c1-5-26(23-8-6-7-21(15-23)16-31)34-27(18-39-19(2)3)33-29(35)28(30(34)36)40(37,38)24-11-9-22(10-12-24)25-13-14-32-17-20(25)4/h6-15,17,19,26,35H,5,18H2,1-4H3/t26-/m0/s1. The molecular weight excluding hydrogens is 528 g/mol. The van der Waals surface area contributed by atoms with Crippen molar-refractivity contribution in [2.24, 2.45) is 0 Å². The zero-order chi connectivity index (χ0) is 29.0. The van der Waals surface area contributed by atoms with Crippen LogP contribution in [0.3, 0.4) is 0 Å². The Hall–Kier alpha value is -4.33. The Morgan fingerprint density at radius 2 is 1.85 bits per heavy atom. The van der Waals surface area contributed by atoms with Gasteiger partial charge in [0.05, 0.1) is 28.7 Å². The van der Waals surface area contributed by atoms with E-state index in [2.05, 4.69) is 16.0 Å². The third-order valence-corrected chi connectivity index (χ3v) is 8.33. The maximum absolute atomic E-state index is 14.0. The van der Waals surface area contributed by atoms with Crippen LogP contribution in [0.25, 0.3) is 11.1 Å². The number of aryl methyl sites for hydroxylation is 1. The molecule has 0 radical (unpaired) electrons. The molecule has 0 aliphatic carbocycles. The number of ether oxygens (including phenoxy) is 1. The zero-order valence-electron chi connectivity index (χ0n) is 22.7. The highest BCUT2D eigenvalue weighted by Crippen LogP contribution is 2.30. The SMILES string of the molecule is CC[C@@H](c1cccc(C#N)c1)n1c(COC(C)C)nc(O)c(S(=O)(=O)c2ccc(-c3ccncc3C)cc2)c1=O. The van der Waals surface area contributed by atoms with Crippen LogP contribution in [-0.4, -0.2) is 34.2 Å². The van der Waals surface area contributed by atoms with Gasteiger partial charge in [-0.1, -0.05) is 31.2 Å². The molecule has 0 aliphatic rings. The topological polar surface area (TPSA) is 135 Å². The van der Waals surface area contributed by atoms with Crippen LogP contribution in [-0.2, 0) is 21.2 Å². The van der Waals surface area contributed by atoms with E-state index in [9.17, 15) is 23.6 Å². The Morgan fingerprint density at radius 3 is 2.48 bits per heavy atom. The normalized spacial score (nSPS) is 12.3. The Balaban J connectivity index is 1.88. The molecule has 0 spiro atoms. The molecular formula is C30H30N4O5S. The molecule has 2 aromatic heterocycles. The molecule has 206 valence electrons. The molecule has 0 amide bonds. The summed E-state index contributed by atoms with van der Waals surface area (Å²) in [6.07, 6.45) is 3.54. The lowest BCUT2D eigenvalue weighted by Gasteiger charge is -2.24. The zero-order valence-corrected chi connectivity index (χ0v) is 23.5. The highest BCUT2D eigenvalue weighted by Gasteiger charge is 2.32. The van der Waals surface area contributed by atoms with E-state index in [0.29, 0.717) is 17.5 Å². The molecule has 0 saturated carbocycles. The van der Waals surface area contributed by atoms with Crippen molar-refractivity contribution in [1.29, 1.82) is 5.26 Å². The summed E-state index contributed by atoms with van der Waals surface area (Å²) in [6.45, 7) is 7.23. The van der Waals surface area contributed by atoms with E-state index in [1.165, 1.54) is 16.7 Å². The second kappa shape index (κ2) is 11.8. The lowest BCUT2D eigenvalue weighted by atomic mass is 10.0. The Kier molecular flexibility index (Phi) is 8.47. The first-order valence-corrected chi connectivity index (χ1v) is 14.3. The number of nitriles is 1. The third kappa shape index (κ3) is 5.66. The lowest BCUT2D eigenvalue weighted by molar-refractivity contribution is 0.0573. The number of benzene rings is 2. The van der Waals surface area contributed by atoms with Crippen LogP contribution in [0.15, 0.2) is 81.6 Å². The number of rotatable bonds is 9. The second-order valence-electron chi connectivity index (χ2n) is 9.60. The maximum Gasteiger partial charge on any atom is 0.277 e. The van der Waals surface area contributed by atoms with Crippen molar-refractivity contribution >= 4 is 9.84 Å². The number of pyridine rings is 1. The fourth-order valence-corrected chi connectivity index (χ4v) is 5.90. The summed E-state index contributed by atoms with van der Waals surface area (Å²) in [5, 5.41) is 20.2. The van der Waals surface area contributed by atoms with Crippen LogP contribution in [0.1, 0.15) is 55.7 Å². The predicted molar refractivity (Wildman–Crippen MR) is 150 cm³/mol. The van der Waals surface area contributed by atoms with Crippen LogP contribution in [0, 0.1) is 18.3 Å². The Labute approximate surface area is 233 Å². The van der Waals surface area contributed by atoms with Crippen molar-refractivity contribution in [1.82, 2.24) is 14.5 Å². The first-order valence-electron chi connectivity index (χ1n) is 12.8. The molecule has 4 rings (SSSR count). The molecule has 0 bridgehead atoms. The maximum atomic E-state index is 14.0. The summed E-state index contributed by atoms with van der Waals surface area (Å²) >= 11 is 0. The molecule has 2 heterocycles. The minimum absolute atomic E-state index is 0.0767. The molecule has 1 atom stereocenters. The highest BCUT2D eigenvalue weighted by molar-refractivity contribution is 7.91. The summed E-state index contributed by atoms with van der Waals surface area (Å²) in [6, 6.07) is 16.1. The van der Waals surface area contributed by atoms with Gasteiger partial charge in [-0.25, -0.2) is 8.42 Å². The fourth-order valence-electron chi connectivity index (χ4n) is 4.56. The Bertz CT molecular complexity index is 1740. The van der Waals surface area contributed by atoms with E-state index in [0.717, 1.165) is 16.7 Å². The summed E-state index contributed by atoms with van der Waals surface area (Å²) < 4.78 is 34.5. The van der Waals surface area contributed by atoms with Gasteiger partial charge < -0.3 is 9.84 Å². The van der Waals surface area contributed by atoms with Gasteiger partial charge in [0.25, 0.3) is 5.56 Å². The van der Waals surface area contributed by atoms with Gasteiger partial charge >= 0.3 is 0 Å². The smallest absolute Gasteiger partial charge is 0.277 e. The van der Waals surface area contributed by atoms with Crippen molar-refractivity contribution in [3.05, 3.63) is 99.9 Å². The van der Waals surface area contributed by atoms with Crippen LogP contribution in [0.5, 0.6) is 5.88 Å². The number of hydrogen-bond acceptors (Lipinski definition) is 8. The molecule has 2 aromatic carbocycles. The van der Waals surface area contributed by atoms with Crippen LogP contribution in [0.2, 0.25) is 0 Å². The molecule has 0 fully saturated rings. The average Bonchev–Trinajstić information content (AvgIpc) is 2.94. The summed E-state index contributed by atoms with van der Waals surface area (Å²) in [5.74, 6) is -0.814. The van der Waals surface area contributed by atoms with Crippen molar-refractivity contribution in [3.8, 4) is 23.1 Å². The molecule has 0 saturated heterocycles. The van der Waals surface area contributed by atoms with E-state index < -0.39 is 32.2 Å². The predicted octanol–water partition coefficient (Wildman–Crippen LogP) is 4.95. The minimum Gasteiger partial charge on any atom is -0.492 e. The summed E-state index contributed by atoms with van der Waals surface area (Å²) in [5.41, 5.74) is 2.70. The van der Waals surface area contributed by atoms with Crippen molar-refractivity contribution in [2.75, 3.05) is 0 Å². The van der Waals surface area contributed by atoms with Crippen molar-refractivity contribution in [2.45, 2.75) is 62.7 Å². The number of sulfone groups is 1. The van der Waals surface area contributed by atoms with E-state index in [1.54, 1.807) is 48.8 Å². The third-order valence-electron chi connectivity index (χ3n) is 6.54. The van der Waals surface area contributed by atoms with Crippen LogP contribution >= 0.6 is 0 Å². The van der Waals surface area contributed by atoms with Gasteiger partial charge in [-0.3, -0.25) is 14.3 Å². The summed E-state index contributed by atoms with van der Waals surface area (Å²) in [7, 11) is -4.47. The number of nitrogens with zero attached hydrogens (tertiary/aromatic N) is 4. The molecule has 0 aliphatic heterocycles. The van der Waals surface area contributed by atoms with Crippen LogP contribution < -0.4 is 5.56 Å². The van der Waals surface area contributed by atoms with Crippen molar-refractivity contribution in [3.63, 3.8) is 0 Å². The molecule has 0 unspecified atom stereocenters. The first-order chi connectivity index (χ1) is 19.1. The monoisotopic (exact) mass is 558 g/mol. The van der Waals surface area contributed by atoms with Gasteiger partial charge in [-0.15, -0.1) is 0 Å². The highest BCUT2D eigenvalue weighted by atomic mass is 32.2. The first kappa shape index (κ1) is 28.7. The quantitative estimate of drug-likeness (QED) is 0.305. The van der Waals surface area contributed by atoms with Gasteiger partial charge in [0.15, 0.2) is 4.90 Å². The van der Waals surface area contributed by atoms with Gasteiger partial charge in [-0.2, -0.15) is 10.2 Å². The molecule has 1 N–H and O–H groups in total. The number of aromatic nitrogens is 3. The lowest BCUT2D eigenvalue weighted by Crippen LogP contribution is -2.34. The number of aromatic hydroxyl groups is 1. The largest absolute Gasteiger partial charge is 0.492 e. The van der Waals surface area contributed by atoms with Gasteiger partial charge in [0.2, 0.25) is 15.7 Å². The fraction of sp³-hybridized carbons (Fsp3) is 0.267. The summed E-state index contributed by atoms with van der Waals surface area (Å²) in [4.78, 5) is 21.3. The molecule has 9 nitrogen and oxygen atoms in total. The van der Waals surface area contributed by atoms with Gasteiger partial charge in [0, 0.05) is 12.4 Å². The average molecular weight is 559 g/mol. The molecule has 4 aromatic rings. The van der Waals surface area contributed by atoms with E-state index in [4.69, 9.17) is 4.74 Å². The Morgan fingerprint density at radius 1 is 1.12 bits per heavy atom. The van der Waals surface area contributed by atoms with Gasteiger partial charge in [0.1, 0.15) is 12.4 Å². The van der Waals surface area contributed by atoms with Gasteiger partial charge in [-0.05, 0) is 79.8 Å². The minimum atomic E-state index is -4.47. The van der Waals surface area contributed by atoms with Crippen LogP contribution in [0.4, 0.5) is 0 Å². The number of hydrogen-bond donors (Lipinski definition) is 1. The molecule has 40 heavy (non-hydrogen) atoms. The molecule has 10 heteroatoms.